The van der Waals surface area contributed by atoms with E-state index in [1.165, 1.54) is 18.8 Å². The summed E-state index contributed by atoms with van der Waals surface area (Å²) in [4.78, 5) is 37.8. The summed E-state index contributed by atoms with van der Waals surface area (Å²) in [6.07, 6.45) is 1.51. The van der Waals surface area contributed by atoms with E-state index in [1.54, 1.807) is 12.1 Å². The van der Waals surface area contributed by atoms with Gasteiger partial charge in [-0.15, -0.1) is 0 Å². The maximum atomic E-state index is 13.1. The van der Waals surface area contributed by atoms with E-state index in [0.717, 1.165) is 19.6 Å². The molecule has 8 nitrogen and oxygen atoms in total. The zero-order valence-electron chi connectivity index (χ0n) is 18.0. The molecule has 3 aromatic rings. The first-order valence-electron chi connectivity index (χ1n) is 10.6. The van der Waals surface area contributed by atoms with Crippen molar-refractivity contribution < 1.29 is 9.59 Å². The van der Waals surface area contributed by atoms with Gasteiger partial charge in [-0.3, -0.25) is 14.5 Å². The molecule has 0 unspecified atom stereocenters. The van der Waals surface area contributed by atoms with Crippen molar-refractivity contribution in [2.24, 2.45) is 0 Å². The highest BCUT2D eigenvalue weighted by atomic mass is 16.2. The number of piperazine rings is 1. The molecule has 1 aliphatic heterocycles. The number of benzene rings is 2. The van der Waals surface area contributed by atoms with Crippen molar-refractivity contribution in [3.63, 3.8) is 0 Å². The second kappa shape index (κ2) is 9.57. The molecule has 0 radical (unpaired) electrons. The van der Waals surface area contributed by atoms with Crippen LogP contribution in [0.3, 0.4) is 0 Å². The van der Waals surface area contributed by atoms with Gasteiger partial charge in [-0.05, 0) is 17.7 Å². The summed E-state index contributed by atoms with van der Waals surface area (Å²) < 4.78 is 0. The van der Waals surface area contributed by atoms with Crippen molar-refractivity contribution in [1.29, 1.82) is 0 Å². The number of nitrogens with one attached hydrogen (secondary N) is 1. The highest BCUT2D eigenvalue weighted by Gasteiger charge is 2.23. The average molecular weight is 431 g/mol. The van der Waals surface area contributed by atoms with E-state index < -0.39 is 5.91 Å². The second-order valence-corrected chi connectivity index (χ2v) is 7.70. The SMILES string of the molecule is CNC(=O)c1nc(-c2cccc(C(=O)N3CCN(Cc4ccccc4)CC3)c2)cnc1N. The smallest absolute Gasteiger partial charge is 0.273 e. The Labute approximate surface area is 187 Å². The van der Waals surface area contributed by atoms with Gasteiger partial charge in [-0.1, -0.05) is 42.5 Å². The predicted molar refractivity (Wildman–Crippen MR) is 123 cm³/mol. The lowest BCUT2D eigenvalue weighted by molar-refractivity contribution is 0.0628. The summed E-state index contributed by atoms with van der Waals surface area (Å²) in [6, 6.07) is 17.6. The van der Waals surface area contributed by atoms with Crippen molar-refractivity contribution in [3.8, 4) is 11.3 Å². The van der Waals surface area contributed by atoms with Gasteiger partial charge in [-0.2, -0.15) is 0 Å². The minimum absolute atomic E-state index is 0.0128. The molecule has 164 valence electrons. The molecule has 2 amide bonds. The molecule has 0 aliphatic carbocycles. The van der Waals surface area contributed by atoms with Gasteiger partial charge >= 0.3 is 0 Å². The van der Waals surface area contributed by atoms with Crippen LogP contribution in [-0.4, -0.2) is 64.8 Å². The van der Waals surface area contributed by atoms with Crippen LogP contribution >= 0.6 is 0 Å². The van der Waals surface area contributed by atoms with Crippen LogP contribution in [-0.2, 0) is 6.54 Å². The summed E-state index contributed by atoms with van der Waals surface area (Å²) in [5, 5.41) is 2.51. The Morgan fingerprint density at radius 1 is 1.03 bits per heavy atom. The van der Waals surface area contributed by atoms with Crippen molar-refractivity contribution in [3.05, 3.63) is 77.6 Å². The first kappa shape index (κ1) is 21.5. The first-order valence-corrected chi connectivity index (χ1v) is 10.6. The minimum Gasteiger partial charge on any atom is -0.382 e. The molecule has 0 bridgehead atoms. The number of nitrogen functional groups attached to an aromatic ring is 1. The minimum atomic E-state index is -0.405. The Balaban J connectivity index is 1.45. The number of nitrogens with two attached hydrogens (primary N) is 1. The average Bonchev–Trinajstić information content (AvgIpc) is 2.84. The van der Waals surface area contributed by atoms with Gasteiger partial charge in [0.25, 0.3) is 11.8 Å². The molecular formula is C24H26N6O2. The van der Waals surface area contributed by atoms with E-state index in [-0.39, 0.29) is 17.4 Å². The Morgan fingerprint density at radius 3 is 2.50 bits per heavy atom. The number of nitrogens with zero attached hydrogens (tertiary/aromatic N) is 4. The lowest BCUT2D eigenvalue weighted by atomic mass is 10.1. The van der Waals surface area contributed by atoms with Crippen LogP contribution in [0.25, 0.3) is 11.3 Å². The molecule has 32 heavy (non-hydrogen) atoms. The number of carbonyl (C=O) groups is 2. The van der Waals surface area contributed by atoms with E-state index in [1.807, 2.05) is 35.2 Å². The molecule has 1 aromatic heterocycles. The fourth-order valence-corrected chi connectivity index (χ4v) is 3.77. The van der Waals surface area contributed by atoms with E-state index in [9.17, 15) is 9.59 Å². The van der Waals surface area contributed by atoms with Gasteiger partial charge in [0.1, 0.15) is 0 Å². The van der Waals surface area contributed by atoms with E-state index in [4.69, 9.17) is 5.73 Å². The number of amides is 2. The van der Waals surface area contributed by atoms with E-state index in [0.29, 0.717) is 29.9 Å². The lowest BCUT2D eigenvalue weighted by Gasteiger charge is -2.34. The third kappa shape index (κ3) is 4.76. The maximum absolute atomic E-state index is 13.1. The fraction of sp³-hybridized carbons (Fsp3) is 0.250. The van der Waals surface area contributed by atoms with Gasteiger partial charge in [0.2, 0.25) is 0 Å². The number of hydrogen-bond acceptors (Lipinski definition) is 6. The van der Waals surface area contributed by atoms with Gasteiger partial charge in [0.15, 0.2) is 11.5 Å². The van der Waals surface area contributed by atoms with Gasteiger partial charge in [-0.25, -0.2) is 9.97 Å². The Morgan fingerprint density at radius 2 is 1.78 bits per heavy atom. The number of hydrogen-bond donors (Lipinski definition) is 2. The first-order chi connectivity index (χ1) is 15.5. The number of anilines is 1. The lowest BCUT2D eigenvalue weighted by Crippen LogP contribution is -2.48. The van der Waals surface area contributed by atoms with Crippen molar-refractivity contribution >= 4 is 17.6 Å². The molecule has 1 aliphatic rings. The maximum Gasteiger partial charge on any atom is 0.273 e. The Kier molecular flexibility index (Phi) is 6.42. The molecule has 2 heterocycles. The molecule has 0 atom stereocenters. The molecule has 4 rings (SSSR count). The van der Waals surface area contributed by atoms with Crippen LogP contribution < -0.4 is 11.1 Å². The Bertz CT molecular complexity index is 1110. The zero-order chi connectivity index (χ0) is 22.5. The van der Waals surface area contributed by atoms with Crippen LogP contribution in [0.15, 0.2) is 60.8 Å². The monoisotopic (exact) mass is 430 g/mol. The third-order valence-electron chi connectivity index (χ3n) is 5.56. The highest BCUT2D eigenvalue weighted by molar-refractivity contribution is 5.97. The number of carbonyl (C=O) groups excluding carboxylic acids is 2. The highest BCUT2D eigenvalue weighted by Crippen LogP contribution is 2.21. The van der Waals surface area contributed by atoms with E-state index >= 15 is 0 Å². The standard InChI is InChI=1S/C24H26N6O2/c1-26-23(31)21-22(25)27-15-20(28-21)18-8-5-9-19(14-18)24(32)30-12-10-29(11-13-30)16-17-6-3-2-4-7-17/h2-9,14-15H,10-13,16H2,1H3,(H2,25,27)(H,26,31). The molecule has 0 saturated carbocycles. The molecule has 1 fully saturated rings. The predicted octanol–water partition coefficient (Wildman–Crippen LogP) is 2.04. The quantitative estimate of drug-likeness (QED) is 0.642. The fourth-order valence-electron chi connectivity index (χ4n) is 3.77. The van der Waals surface area contributed by atoms with Crippen LogP contribution in [0, 0.1) is 0 Å². The number of rotatable bonds is 5. The van der Waals surface area contributed by atoms with E-state index in [2.05, 4.69) is 32.3 Å². The van der Waals surface area contributed by atoms with Gasteiger partial charge in [0, 0.05) is 50.9 Å². The molecule has 1 saturated heterocycles. The normalized spacial score (nSPS) is 14.2. The summed E-state index contributed by atoms with van der Waals surface area (Å²) in [7, 11) is 1.51. The van der Waals surface area contributed by atoms with Crippen LogP contribution in [0.4, 0.5) is 5.82 Å². The third-order valence-corrected chi connectivity index (χ3v) is 5.56. The van der Waals surface area contributed by atoms with Crippen molar-refractivity contribution in [2.45, 2.75) is 6.54 Å². The summed E-state index contributed by atoms with van der Waals surface area (Å²) in [5.74, 6) is -0.354. The van der Waals surface area contributed by atoms with Crippen LogP contribution in [0.2, 0.25) is 0 Å². The summed E-state index contributed by atoms with van der Waals surface area (Å²) in [6.45, 7) is 3.91. The Hall–Kier alpha value is -3.78. The van der Waals surface area contributed by atoms with Gasteiger partial charge < -0.3 is 16.0 Å². The molecule has 3 N–H and O–H groups in total. The van der Waals surface area contributed by atoms with Crippen molar-refractivity contribution in [1.82, 2.24) is 25.1 Å². The summed E-state index contributed by atoms with van der Waals surface area (Å²) in [5.41, 5.74) is 8.90. The summed E-state index contributed by atoms with van der Waals surface area (Å²) >= 11 is 0. The van der Waals surface area contributed by atoms with Gasteiger partial charge in [0.05, 0.1) is 11.9 Å². The zero-order valence-corrected chi connectivity index (χ0v) is 18.0. The van der Waals surface area contributed by atoms with Crippen LogP contribution in [0.1, 0.15) is 26.4 Å². The molecule has 2 aromatic carbocycles. The molecule has 8 heteroatoms. The van der Waals surface area contributed by atoms with Crippen LogP contribution in [0.5, 0.6) is 0 Å². The number of aromatic nitrogens is 2. The molecular weight excluding hydrogens is 404 g/mol. The second-order valence-electron chi connectivity index (χ2n) is 7.70. The molecule has 0 spiro atoms. The topological polar surface area (TPSA) is 104 Å². The van der Waals surface area contributed by atoms with Crippen molar-refractivity contribution in [2.75, 3.05) is 39.0 Å². The largest absolute Gasteiger partial charge is 0.382 e.